The molecular formula is C26H37NO5. The van der Waals surface area contributed by atoms with E-state index < -0.39 is 0 Å². The Kier molecular flexibility index (Phi) is 8.88. The van der Waals surface area contributed by atoms with Gasteiger partial charge >= 0.3 is 5.97 Å². The van der Waals surface area contributed by atoms with E-state index in [-0.39, 0.29) is 35.6 Å². The molecule has 2 aliphatic rings. The van der Waals surface area contributed by atoms with Gasteiger partial charge in [-0.05, 0) is 89.3 Å². The predicted molar refractivity (Wildman–Crippen MR) is 124 cm³/mol. The number of carbonyl (C=O) groups is 2. The summed E-state index contributed by atoms with van der Waals surface area (Å²) in [5, 5.41) is 0. The highest BCUT2D eigenvalue weighted by Gasteiger charge is 2.51. The summed E-state index contributed by atoms with van der Waals surface area (Å²) < 4.78 is 11.2. The molecule has 1 aromatic rings. The Morgan fingerprint density at radius 2 is 1.81 bits per heavy atom. The Labute approximate surface area is 191 Å². The maximum atomic E-state index is 12.6. The van der Waals surface area contributed by atoms with E-state index in [1.165, 1.54) is 24.5 Å². The molecule has 176 valence electrons. The number of carbonyl (C=O) groups excluding carboxylic acids is 2. The van der Waals surface area contributed by atoms with Crippen LogP contribution in [0.1, 0.15) is 76.8 Å². The lowest BCUT2D eigenvalue weighted by Gasteiger charge is -2.18. The molecule has 1 amide bonds. The zero-order chi connectivity index (χ0) is 23.0. The minimum atomic E-state index is -0.318. The molecular weight excluding hydrogens is 406 g/mol. The fourth-order valence-corrected chi connectivity index (χ4v) is 3.90. The summed E-state index contributed by atoms with van der Waals surface area (Å²) in [5.74, 6) is -0.302. The van der Waals surface area contributed by atoms with Crippen LogP contribution in [0.2, 0.25) is 0 Å². The molecule has 0 aliphatic heterocycles. The van der Waals surface area contributed by atoms with Crippen LogP contribution in [0.4, 0.5) is 0 Å². The summed E-state index contributed by atoms with van der Waals surface area (Å²) in [4.78, 5) is 29.8. The average Bonchev–Trinajstić information content (AvgIpc) is 3.41. The third kappa shape index (κ3) is 7.75. The number of hydroxylamine groups is 1. The van der Waals surface area contributed by atoms with Crippen molar-refractivity contribution in [1.82, 2.24) is 5.48 Å². The molecule has 6 heteroatoms. The molecule has 2 aliphatic carbocycles. The average molecular weight is 444 g/mol. The summed E-state index contributed by atoms with van der Waals surface area (Å²) in [6.45, 7) is 6.16. The van der Waals surface area contributed by atoms with Gasteiger partial charge in [-0.25, -0.2) is 5.48 Å². The van der Waals surface area contributed by atoms with Crippen molar-refractivity contribution >= 4 is 18.0 Å². The van der Waals surface area contributed by atoms with E-state index in [2.05, 4.69) is 17.6 Å². The standard InChI is InChI=1S/C26H37NO5/c1-19(2)30-18-20(3)32-27-24(28)13-12-21-8-10-22(11-9-21)14-15-26(16-17-26)25(29)31-23-6-4-5-7-23/h8-13,19-20,23H,4-7,14-18H2,1-3H3,(H,27,28)/b13-12+. The number of benzene rings is 1. The van der Waals surface area contributed by atoms with E-state index >= 15 is 0 Å². The maximum absolute atomic E-state index is 12.6. The van der Waals surface area contributed by atoms with Crippen molar-refractivity contribution in [3.8, 4) is 0 Å². The van der Waals surface area contributed by atoms with E-state index in [4.69, 9.17) is 14.3 Å². The third-order valence-corrected chi connectivity index (χ3v) is 6.19. The molecule has 1 atom stereocenters. The highest BCUT2D eigenvalue weighted by atomic mass is 16.7. The zero-order valence-electron chi connectivity index (χ0n) is 19.6. The molecule has 0 spiro atoms. The summed E-state index contributed by atoms with van der Waals surface area (Å²) >= 11 is 0. The van der Waals surface area contributed by atoms with Crippen molar-refractivity contribution in [1.29, 1.82) is 0 Å². The summed E-state index contributed by atoms with van der Waals surface area (Å²) in [5.41, 5.74) is 4.29. The Morgan fingerprint density at radius 1 is 1.12 bits per heavy atom. The molecule has 0 saturated heterocycles. The molecule has 2 saturated carbocycles. The van der Waals surface area contributed by atoms with Crippen LogP contribution in [0.15, 0.2) is 30.3 Å². The van der Waals surface area contributed by atoms with Gasteiger partial charge in [-0.1, -0.05) is 24.3 Å². The number of amides is 1. The van der Waals surface area contributed by atoms with Gasteiger partial charge in [0.2, 0.25) is 0 Å². The number of ether oxygens (including phenoxy) is 2. The Hall–Kier alpha value is -2.18. The SMILES string of the molecule is CC(C)OCC(C)ONC(=O)/C=C/c1ccc(CCC2(C(=O)OC3CCCC3)CC2)cc1. The maximum Gasteiger partial charge on any atom is 0.312 e. The van der Waals surface area contributed by atoms with Crippen LogP contribution in [0.25, 0.3) is 6.08 Å². The first kappa shape index (κ1) is 24.5. The van der Waals surface area contributed by atoms with Crippen LogP contribution in [0.5, 0.6) is 0 Å². The van der Waals surface area contributed by atoms with Gasteiger partial charge in [-0.2, -0.15) is 0 Å². The third-order valence-electron chi connectivity index (χ3n) is 6.19. The van der Waals surface area contributed by atoms with Crippen molar-refractivity contribution in [3.05, 3.63) is 41.5 Å². The van der Waals surface area contributed by atoms with Gasteiger partial charge in [0, 0.05) is 6.08 Å². The van der Waals surface area contributed by atoms with Crippen molar-refractivity contribution in [3.63, 3.8) is 0 Å². The van der Waals surface area contributed by atoms with Gasteiger partial charge in [-0.3, -0.25) is 14.4 Å². The van der Waals surface area contributed by atoms with Crippen LogP contribution in [0, 0.1) is 5.41 Å². The largest absolute Gasteiger partial charge is 0.462 e. The second-order valence-electron chi connectivity index (χ2n) is 9.44. The lowest BCUT2D eigenvalue weighted by Crippen LogP contribution is -2.30. The number of hydrogen-bond donors (Lipinski definition) is 1. The highest BCUT2D eigenvalue weighted by Crippen LogP contribution is 2.51. The van der Waals surface area contributed by atoms with Crippen molar-refractivity contribution in [2.45, 2.75) is 90.4 Å². The normalized spacial score (nSPS) is 18.8. The van der Waals surface area contributed by atoms with E-state index in [9.17, 15) is 9.59 Å². The topological polar surface area (TPSA) is 73.9 Å². The van der Waals surface area contributed by atoms with Gasteiger partial charge in [0.15, 0.2) is 0 Å². The van der Waals surface area contributed by atoms with E-state index in [1.807, 2.05) is 32.9 Å². The molecule has 0 heterocycles. The summed E-state index contributed by atoms with van der Waals surface area (Å²) in [6.07, 6.45) is 11.2. The Morgan fingerprint density at radius 3 is 2.44 bits per heavy atom. The quantitative estimate of drug-likeness (QED) is 0.286. The van der Waals surface area contributed by atoms with Crippen molar-refractivity contribution in [2.24, 2.45) is 5.41 Å². The number of esters is 1. The highest BCUT2D eigenvalue weighted by molar-refractivity contribution is 5.90. The number of hydrogen-bond acceptors (Lipinski definition) is 5. The lowest BCUT2D eigenvalue weighted by molar-refractivity contribution is -0.155. The fourth-order valence-electron chi connectivity index (χ4n) is 3.90. The number of rotatable bonds is 12. The van der Waals surface area contributed by atoms with Gasteiger partial charge in [0.1, 0.15) is 12.2 Å². The number of nitrogens with one attached hydrogen (secondary N) is 1. The van der Waals surface area contributed by atoms with E-state index in [0.29, 0.717) is 6.61 Å². The van der Waals surface area contributed by atoms with Crippen LogP contribution >= 0.6 is 0 Å². The van der Waals surface area contributed by atoms with Gasteiger partial charge in [0.05, 0.1) is 18.1 Å². The molecule has 6 nitrogen and oxygen atoms in total. The molecule has 32 heavy (non-hydrogen) atoms. The van der Waals surface area contributed by atoms with Crippen LogP contribution in [-0.4, -0.2) is 36.8 Å². The molecule has 1 aromatic carbocycles. The van der Waals surface area contributed by atoms with Gasteiger partial charge < -0.3 is 9.47 Å². The van der Waals surface area contributed by atoms with Crippen molar-refractivity contribution < 1.29 is 23.9 Å². The minimum Gasteiger partial charge on any atom is -0.462 e. The second kappa shape index (κ2) is 11.6. The molecule has 0 aromatic heterocycles. The Bertz CT molecular complexity index is 776. The minimum absolute atomic E-state index is 0.0160. The first-order valence-electron chi connectivity index (χ1n) is 11.9. The number of aryl methyl sites for hydroxylation is 1. The first-order chi connectivity index (χ1) is 15.4. The van der Waals surface area contributed by atoms with E-state index in [0.717, 1.165) is 44.1 Å². The fraction of sp³-hybridized carbons (Fsp3) is 0.615. The Balaban J connectivity index is 1.39. The molecule has 1 unspecified atom stereocenters. The summed E-state index contributed by atoms with van der Waals surface area (Å²) in [6, 6.07) is 8.07. The van der Waals surface area contributed by atoms with E-state index in [1.54, 1.807) is 6.08 Å². The monoisotopic (exact) mass is 443 g/mol. The van der Waals surface area contributed by atoms with Crippen LogP contribution < -0.4 is 5.48 Å². The zero-order valence-corrected chi connectivity index (χ0v) is 19.6. The molecule has 3 rings (SSSR count). The molecule has 2 fully saturated rings. The van der Waals surface area contributed by atoms with Crippen LogP contribution in [-0.2, 0) is 30.3 Å². The molecule has 0 bridgehead atoms. The first-order valence-corrected chi connectivity index (χ1v) is 11.9. The second-order valence-corrected chi connectivity index (χ2v) is 9.44. The predicted octanol–water partition coefficient (Wildman–Crippen LogP) is 4.76. The van der Waals surface area contributed by atoms with Gasteiger partial charge in [-0.15, -0.1) is 0 Å². The van der Waals surface area contributed by atoms with Crippen molar-refractivity contribution in [2.75, 3.05) is 6.61 Å². The lowest BCUT2D eigenvalue weighted by atomic mass is 9.96. The van der Waals surface area contributed by atoms with Gasteiger partial charge in [0.25, 0.3) is 5.91 Å². The molecule has 0 radical (unpaired) electrons. The smallest absolute Gasteiger partial charge is 0.312 e. The summed E-state index contributed by atoms with van der Waals surface area (Å²) in [7, 11) is 0. The molecule has 1 N–H and O–H groups in total. The van der Waals surface area contributed by atoms with Crippen LogP contribution in [0.3, 0.4) is 0 Å².